The molecular weight excluding hydrogens is 342 g/mol. The van der Waals surface area contributed by atoms with E-state index in [9.17, 15) is 13.2 Å². The van der Waals surface area contributed by atoms with Crippen molar-refractivity contribution in [2.45, 2.75) is 19.9 Å². The van der Waals surface area contributed by atoms with Gasteiger partial charge in [0, 0.05) is 13.1 Å². The van der Waals surface area contributed by atoms with Gasteiger partial charge in [-0.05, 0) is 31.0 Å². The molecule has 1 aromatic carbocycles. The third-order valence-corrected chi connectivity index (χ3v) is 5.07. The molecule has 0 aliphatic carbocycles. The number of hydrogen-bond donors (Lipinski definition) is 2. The van der Waals surface area contributed by atoms with Crippen LogP contribution < -0.4 is 14.9 Å². The van der Waals surface area contributed by atoms with Gasteiger partial charge >= 0.3 is 0 Å². The van der Waals surface area contributed by atoms with Crippen LogP contribution in [0.4, 0.5) is 17.2 Å². The van der Waals surface area contributed by atoms with E-state index in [-0.39, 0.29) is 6.54 Å². The van der Waals surface area contributed by atoms with Crippen molar-refractivity contribution in [1.82, 2.24) is 9.78 Å². The zero-order chi connectivity index (χ0) is 18.0. The molecule has 0 bridgehead atoms. The number of hydrogen-bond acceptors (Lipinski definition) is 5. The number of rotatable bonds is 5. The molecule has 0 atom stereocenters. The summed E-state index contributed by atoms with van der Waals surface area (Å²) in [5, 5.41) is 10.2. The Labute approximate surface area is 146 Å². The number of amides is 1. The van der Waals surface area contributed by atoms with Crippen LogP contribution in [0.3, 0.4) is 0 Å². The van der Waals surface area contributed by atoms with Gasteiger partial charge in [0.15, 0.2) is 0 Å². The van der Waals surface area contributed by atoms with Crippen LogP contribution in [0.15, 0.2) is 30.5 Å². The van der Waals surface area contributed by atoms with Gasteiger partial charge in [0.05, 0.1) is 18.1 Å². The summed E-state index contributed by atoms with van der Waals surface area (Å²) in [5.41, 5.74) is 1.94. The third-order valence-electron chi connectivity index (χ3n) is 3.93. The molecule has 8 nitrogen and oxygen atoms in total. The molecule has 1 aromatic heterocycles. The lowest BCUT2D eigenvalue weighted by Crippen LogP contribution is -2.37. The van der Waals surface area contributed by atoms with E-state index in [0.29, 0.717) is 11.4 Å². The summed E-state index contributed by atoms with van der Waals surface area (Å²) in [4.78, 5) is 12.4. The van der Waals surface area contributed by atoms with Crippen LogP contribution in [0.2, 0.25) is 0 Å². The number of aromatic nitrogens is 2. The van der Waals surface area contributed by atoms with Crippen LogP contribution >= 0.6 is 0 Å². The number of nitrogens with zero attached hydrogens (tertiary/aromatic N) is 3. The largest absolute Gasteiger partial charge is 0.368 e. The Morgan fingerprint density at radius 1 is 1.44 bits per heavy atom. The standard InChI is InChI=1S/C16H21N5O3S/c1-12-5-3-6-13(9-12)21(25(2,23)24)11-15(22)19-14-10-18-20-8-4-7-17-16(14)20/h3,5-6,9-10,17H,4,7-8,11H2,1-2H3,(H,19,22). The number of anilines is 3. The minimum absolute atomic E-state index is 0.299. The van der Waals surface area contributed by atoms with E-state index in [1.165, 1.54) is 0 Å². The van der Waals surface area contributed by atoms with Crippen molar-refractivity contribution in [2.24, 2.45) is 0 Å². The summed E-state index contributed by atoms with van der Waals surface area (Å²) in [6, 6.07) is 7.04. The lowest BCUT2D eigenvalue weighted by Gasteiger charge is -2.22. The first-order valence-corrected chi connectivity index (χ1v) is 9.83. The molecule has 25 heavy (non-hydrogen) atoms. The average Bonchev–Trinajstić information content (AvgIpc) is 2.95. The minimum atomic E-state index is -3.59. The van der Waals surface area contributed by atoms with Gasteiger partial charge in [0.2, 0.25) is 15.9 Å². The van der Waals surface area contributed by atoms with Crippen molar-refractivity contribution in [3.8, 4) is 0 Å². The lowest BCUT2D eigenvalue weighted by molar-refractivity contribution is -0.114. The second-order valence-corrected chi connectivity index (χ2v) is 7.97. The van der Waals surface area contributed by atoms with Crippen LogP contribution in [0.5, 0.6) is 0 Å². The SMILES string of the molecule is Cc1cccc(N(CC(=O)Nc2cnn3c2NCCC3)S(C)(=O)=O)c1. The predicted molar refractivity (Wildman–Crippen MR) is 97.3 cm³/mol. The molecule has 0 fully saturated rings. The maximum atomic E-state index is 12.4. The van der Waals surface area contributed by atoms with Gasteiger partial charge in [0.25, 0.3) is 0 Å². The fraction of sp³-hybridized carbons (Fsp3) is 0.375. The zero-order valence-corrected chi connectivity index (χ0v) is 15.0. The van der Waals surface area contributed by atoms with Gasteiger partial charge in [-0.2, -0.15) is 5.10 Å². The fourth-order valence-electron chi connectivity index (χ4n) is 2.77. The molecule has 3 rings (SSSR count). The van der Waals surface area contributed by atoms with E-state index >= 15 is 0 Å². The average molecular weight is 363 g/mol. The van der Waals surface area contributed by atoms with Crippen LogP contribution in [-0.2, 0) is 21.4 Å². The van der Waals surface area contributed by atoms with Gasteiger partial charge < -0.3 is 10.6 Å². The summed E-state index contributed by atoms with van der Waals surface area (Å²) < 4.78 is 27.1. The van der Waals surface area contributed by atoms with E-state index in [1.54, 1.807) is 29.1 Å². The second kappa shape index (κ2) is 6.75. The van der Waals surface area contributed by atoms with Crippen molar-refractivity contribution in [3.05, 3.63) is 36.0 Å². The molecule has 134 valence electrons. The number of nitrogens with one attached hydrogen (secondary N) is 2. The Morgan fingerprint density at radius 3 is 2.96 bits per heavy atom. The summed E-state index contributed by atoms with van der Waals surface area (Å²) in [7, 11) is -3.59. The van der Waals surface area contributed by atoms with Gasteiger partial charge in [-0.3, -0.25) is 9.10 Å². The maximum absolute atomic E-state index is 12.4. The van der Waals surface area contributed by atoms with E-state index in [0.717, 1.165) is 41.5 Å². The number of carbonyl (C=O) groups is 1. The molecule has 0 saturated carbocycles. The molecule has 0 unspecified atom stereocenters. The molecule has 1 amide bonds. The quantitative estimate of drug-likeness (QED) is 0.837. The summed E-state index contributed by atoms with van der Waals surface area (Å²) >= 11 is 0. The molecular formula is C16H21N5O3S. The van der Waals surface area contributed by atoms with Crippen molar-refractivity contribution < 1.29 is 13.2 Å². The fourth-order valence-corrected chi connectivity index (χ4v) is 3.62. The Hall–Kier alpha value is -2.55. The minimum Gasteiger partial charge on any atom is -0.368 e. The Kier molecular flexibility index (Phi) is 4.67. The molecule has 0 spiro atoms. The van der Waals surface area contributed by atoms with Gasteiger partial charge in [-0.1, -0.05) is 12.1 Å². The van der Waals surface area contributed by atoms with Gasteiger partial charge in [-0.15, -0.1) is 0 Å². The van der Waals surface area contributed by atoms with Crippen molar-refractivity contribution in [1.29, 1.82) is 0 Å². The second-order valence-electron chi connectivity index (χ2n) is 6.07. The zero-order valence-electron chi connectivity index (χ0n) is 14.2. The topological polar surface area (TPSA) is 96.3 Å². The molecule has 1 aliphatic heterocycles. The molecule has 1 aliphatic rings. The highest BCUT2D eigenvalue weighted by Gasteiger charge is 2.22. The molecule has 2 heterocycles. The predicted octanol–water partition coefficient (Wildman–Crippen LogP) is 1.41. The number of fused-ring (bicyclic) bond motifs is 1. The van der Waals surface area contributed by atoms with E-state index < -0.39 is 15.9 Å². The Bertz CT molecular complexity index is 891. The van der Waals surface area contributed by atoms with Crippen molar-refractivity contribution >= 4 is 33.1 Å². The van der Waals surface area contributed by atoms with Gasteiger partial charge in [0.1, 0.15) is 18.1 Å². The molecule has 2 N–H and O–H groups in total. The first-order valence-electron chi connectivity index (χ1n) is 7.98. The summed E-state index contributed by atoms with van der Waals surface area (Å²) in [6.07, 6.45) is 3.63. The number of benzene rings is 1. The summed E-state index contributed by atoms with van der Waals surface area (Å²) in [6.45, 7) is 3.17. The smallest absolute Gasteiger partial charge is 0.245 e. The van der Waals surface area contributed by atoms with Crippen molar-refractivity contribution in [3.63, 3.8) is 0 Å². The van der Waals surface area contributed by atoms with Crippen molar-refractivity contribution in [2.75, 3.05) is 34.3 Å². The van der Waals surface area contributed by atoms with Crippen LogP contribution in [-0.4, -0.2) is 43.5 Å². The molecule has 9 heteroatoms. The number of carbonyl (C=O) groups excluding carboxylic acids is 1. The number of sulfonamides is 1. The highest BCUT2D eigenvalue weighted by molar-refractivity contribution is 7.92. The molecule has 2 aromatic rings. The lowest BCUT2D eigenvalue weighted by atomic mass is 10.2. The molecule has 0 radical (unpaired) electrons. The van der Waals surface area contributed by atoms with E-state index in [4.69, 9.17) is 0 Å². The Morgan fingerprint density at radius 2 is 2.24 bits per heavy atom. The van der Waals surface area contributed by atoms with E-state index in [1.807, 2.05) is 13.0 Å². The first kappa shape index (κ1) is 17.3. The highest BCUT2D eigenvalue weighted by atomic mass is 32.2. The summed E-state index contributed by atoms with van der Waals surface area (Å²) in [5.74, 6) is 0.330. The van der Waals surface area contributed by atoms with Gasteiger partial charge in [-0.25, -0.2) is 13.1 Å². The Balaban J connectivity index is 1.78. The first-order chi connectivity index (χ1) is 11.8. The monoisotopic (exact) mass is 363 g/mol. The highest BCUT2D eigenvalue weighted by Crippen LogP contribution is 2.24. The normalized spacial score (nSPS) is 13.7. The van der Waals surface area contributed by atoms with Crippen LogP contribution in [0.1, 0.15) is 12.0 Å². The van der Waals surface area contributed by atoms with Crippen LogP contribution in [0, 0.1) is 6.92 Å². The van der Waals surface area contributed by atoms with Crippen LogP contribution in [0.25, 0.3) is 0 Å². The molecule has 0 saturated heterocycles. The maximum Gasteiger partial charge on any atom is 0.245 e. The van der Waals surface area contributed by atoms with E-state index in [2.05, 4.69) is 15.7 Å². The number of aryl methyl sites for hydroxylation is 2. The third kappa shape index (κ3) is 3.93.